The fourth-order valence-corrected chi connectivity index (χ4v) is 6.17. The number of hydrogen-bond donors (Lipinski definition) is 0. The van der Waals surface area contributed by atoms with Crippen molar-refractivity contribution < 1.29 is 96.6 Å². The van der Waals surface area contributed by atoms with E-state index in [4.69, 9.17) is 0 Å². The van der Waals surface area contributed by atoms with Gasteiger partial charge in [0.1, 0.15) is 0 Å². The predicted molar refractivity (Wildman–Crippen MR) is 173 cm³/mol. The summed E-state index contributed by atoms with van der Waals surface area (Å²) in [6.07, 6.45) is -22.3. The van der Waals surface area contributed by atoms with Crippen molar-refractivity contribution in [2.45, 2.75) is 24.7 Å². The number of rotatable bonds is 5. The zero-order valence-electron chi connectivity index (χ0n) is 29.2. The van der Waals surface area contributed by atoms with E-state index >= 15 is 17.6 Å². The maximum Gasteiger partial charge on any atom is 0.416 e. The van der Waals surface area contributed by atoms with Gasteiger partial charge < -0.3 is 0 Å². The number of halogens is 22. The highest BCUT2D eigenvalue weighted by molar-refractivity contribution is 5.87. The Labute approximate surface area is 330 Å². The topological polar surface area (TPSA) is 0 Å². The van der Waals surface area contributed by atoms with Gasteiger partial charge in [-0.1, -0.05) is 0 Å². The van der Waals surface area contributed by atoms with Gasteiger partial charge in [-0.2, -0.15) is 52.7 Å². The van der Waals surface area contributed by atoms with E-state index in [2.05, 4.69) is 0 Å². The van der Waals surface area contributed by atoms with E-state index in [-0.39, 0.29) is 42.5 Å². The van der Waals surface area contributed by atoms with Crippen LogP contribution in [0.2, 0.25) is 0 Å². The molecule has 0 heterocycles. The van der Waals surface area contributed by atoms with Gasteiger partial charge >= 0.3 is 24.7 Å². The van der Waals surface area contributed by atoms with Crippen molar-refractivity contribution in [3.8, 4) is 55.6 Å². The Bertz CT molecular complexity index is 2480. The van der Waals surface area contributed by atoms with Crippen molar-refractivity contribution >= 4 is 0 Å². The molecule has 0 aliphatic heterocycles. The van der Waals surface area contributed by atoms with E-state index in [1.54, 1.807) is 0 Å². The normalized spacial score (nSPS) is 12.7. The van der Waals surface area contributed by atoms with E-state index in [0.29, 0.717) is 30.3 Å². The maximum absolute atomic E-state index is 15.2. The van der Waals surface area contributed by atoms with Crippen molar-refractivity contribution in [2.75, 3.05) is 0 Å². The fourth-order valence-electron chi connectivity index (χ4n) is 6.17. The standard InChI is InChI=1S/C40H12F22/c41-27-25(28(42)32(46)35(49)31(27)45)19-4-16(5-20(6-19)26-29(43)33(47)36(50)34(48)30(26)44)13-1-14(17-7-21(37(51,52)53)11-22(8-17)38(54,55)56)3-15(2-13)18-9-23(39(57,58)59)12-24(10-18)40(60,61)62/h1-12H. The summed E-state index contributed by atoms with van der Waals surface area (Å²) in [5.74, 6) is -27.0. The average molecular weight is 910 g/mol. The largest absolute Gasteiger partial charge is 0.416 e. The maximum atomic E-state index is 15.2. The minimum atomic E-state index is -5.57. The fraction of sp³-hybridized carbons (Fsp3) is 0.100. The highest BCUT2D eigenvalue weighted by Gasteiger charge is 2.39. The monoisotopic (exact) mass is 910 g/mol. The third kappa shape index (κ3) is 8.37. The molecule has 22 heteroatoms. The van der Waals surface area contributed by atoms with Crippen LogP contribution in [-0.4, -0.2) is 0 Å². The lowest BCUT2D eigenvalue weighted by Crippen LogP contribution is -2.11. The molecule has 0 spiro atoms. The molecule has 0 aliphatic rings. The van der Waals surface area contributed by atoms with E-state index in [1.165, 1.54) is 0 Å². The van der Waals surface area contributed by atoms with Gasteiger partial charge in [-0.3, -0.25) is 0 Å². The van der Waals surface area contributed by atoms with Gasteiger partial charge in [0.05, 0.1) is 33.4 Å². The molecule has 0 radical (unpaired) electrons. The molecule has 326 valence electrons. The molecular formula is C40H12F22. The third-order valence-electron chi connectivity index (χ3n) is 9.04. The summed E-state index contributed by atoms with van der Waals surface area (Å²) in [5.41, 5.74) is -20.8. The average Bonchev–Trinajstić information content (AvgIpc) is 3.19. The molecule has 0 aromatic heterocycles. The van der Waals surface area contributed by atoms with Crippen molar-refractivity contribution in [3.63, 3.8) is 0 Å². The van der Waals surface area contributed by atoms with Crippen molar-refractivity contribution in [1.82, 2.24) is 0 Å². The Balaban J connectivity index is 1.80. The molecule has 0 aliphatic carbocycles. The molecule has 0 amide bonds. The minimum absolute atomic E-state index is 0.0386. The second-order valence-corrected chi connectivity index (χ2v) is 13.1. The van der Waals surface area contributed by atoms with Gasteiger partial charge in [0.25, 0.3) is 0 Å². The van der Waals surface area contributed by atoms with Crippen LogP contribution in [0.25, 0.3) is 55.6 Å². The molecule has 0 bridgehead atoms. The molecule has 6 rings (SSSR count). The zero-order chi connectivity index (χ0) is 46.3. The molecule has 6 aromatic carbocycles. The number of hydrogen-bond acceptors (Lipinski definition) is 0. The lowest BCUT2D eigenvalue weighted by atomic mass is 9.88. The van der Waals surface area contributed by atoms with E-state index in [0.717, 1.165) is 0 Å². The van der Waals surface area contributed by atoms with Gasteiger partial charge in [0.15, 0.2) is 46.5 Å². The summed E-state index contributed by atoms with van der Waals surface area (Å²) in [7, 11) is 0. The Kier molecular flexibility index (Phi) is 11.2. The van der Waals surface area contributed by atoms with Crippen molar-refractivity contribution in [1.29, 1.82) is 0 Å². The zero-order valence-corrected chi connectivity index (χ0v) is 29.2. The molecule has 0 N–H and O–H groups in total. The van der Waals surface area contributed by atoms with Crippen LogP contribution in [0.15, 0.2) is 72.8 Å². The minimum Gasteiger partial charge on any atom is -0.203 e. The second-order valence-electron chi connectivity index (χ2n) is 13.1. The summed E-state index contributed by atoms with van der Waals surface area (Å²) < 4.78 is 313. The molecule has 0 saturated heterocycles. The summed E-state index contributed by atoms with van der Waals surface area (Å²) in [6.45, 7) is 0. The molecule has 62 heavy (non-hydrogen) atoms. The molecule has 0 unspecified atom stereocenters. The number of alkyl halides is 12. The van der Waals surface area contributed by atoms with Crippen LogP contribution >= 0.6 is 0 Å². The van der Waals surface area contributed by atoms with Crippen LogP contribution < -0.4 is 0 Å². The SMILES string of the molecule is Fc1c(F)c(F)c(-c2cc(-c3cc(-c4cc(C(F)(F)F)cc(C(F)(F)F)c4)cc(-c4cc(C(F)(F)F)cc(C(F)(F)F)c4)c3)cc(-c3c(F)c(F)c(F)c(F)c3F)c2)c(F)c1F. The summed E-state index contributed by atoms with van der Waals surface area (Å²) >= 11 is 0. The van der Waals surface area contributed by atoms with Crippen molar-refractivity contribution in [3.05, 3.63) is 153 Å². The van der Waals surface area contributed by atoms with E-state index in [1.807, 2.05) is 0 Å². The Morgan fingerprint density at radius 1 is 0.194 bits per heavy atom. The summed E-state index contributed by atoms with van der Waals surface area (Å²) in [5, 5.41) is 0. The molecule has 0 nitrogen and oxygen atoms in total. The van der Waals surface area contributed by atoms with Gasteiger partial charge in [0.2, 0.25) is 11.6 Å². The quantitative estimate of drug-likeness (QED) is 0.0918. The third-order valence-corrected chi connectivity index (χ3v) is 9.04. The lowest BCUT2D eigenvalue weighted by Gasteiger charge is -2.19. The summed E-state index contributed by atoms with van der Waals surface area (Å²) in [4.78, 5) is 0. The predicted octanol–water partition coefficient (Wildman–Crippen LogP) is 15.5. The first-order valence-electron chi connectivity index (χ1n) is 16.3. The van der Waals surface area contributed by atoms with Gasteiger partial charge in [-0.15, -0.1) is 0 Å². The number of benzene rings is 6. The van der Waals surface area contributed by atoms with Gasteiger partial charge in [0, 0.05) is 0 Å². The molecule has 0 atom stereocenters. The highest BCUT2D eigenvalue weighted by Crippen LogP contribution is 2.45. The lowest BCUT2D eigenvalue weighted by molar-refractivity contribution is -0.144. The smallest absolute Gasteiger partial charge is 0.203 e. The highest BCUT2D eigenvalue weighted by atomic mass is 19.4. The van der Waals surface area contributed by atoms with Crippen LogP contribution in [0, 0.1) is 58.2 Å². The Morgan fingerprint density at radius 3 is 0.565 bits per heavy atom. The van der Waals surface area contributed by atoms with E-state index in [9.17, 15) is 79.0 Å². The van der Waals surface area contributed by atoms with Gasteiger partial charge in [-0.25, -0.2) is 43.9 Å². The van der Waals surface area contributed by atoms with Crippen LogP contribution in [0.1, 0.15) is 22.3 Å². The van der Waals surface area contributed by atoms with Crippen LogP contribution in [0.5, 0.6) is 0 Å². The Morgan fingerprint density at radius 2 is 0.355 bits per heavy atom. The van der Waals surface area contributed by atoms with Crippen LogP contribution in [0.3, 0.4) is 0 Å². The first-order chi connectivity index (χ1) is 28.4. The van der Waals surface area contributed by atoms with E-state index < -0.39 is 161 Å². The van der Waals surface area contributed by atoms with Crippen molar-refractivity contribution in [2.24, 2.45) is 0 Å². The van der Waals surface area contributed by atoms with Gasteiger partial charge in [-0.05, 0) is 117 Å². The molecule has 6 aromatic rings. The summed E-state index contributed by atoms with van der Waals surface area (Å²) in [6, 6.07) is 1.69. The molecule has 0 fully saturated rings. The second kappa shape index (κ2) is 15.3. The first kappa shape index (κ1) is 45.3. The van der Waals surface area contributed by atoms with Crippen LogP contribution in [0.4, 0.5) is 96.6 Å². The van der Waals surface area contributed by atoms with Crippen LogP contribution in [-0.2, 0) is 24.7 Å². The molecular weight excluding hydrogens is 898 g/mol. The first-order valence-corrected chi connectivity index (χ1v) is 16.3. The molecule has 0 saturated carbocycles. The Hall–Kier alpha value is -6.22.